The molecule has 0 radical (unpaired) electrons. The highest BCUT2D eigenvalue weighted by atomic mass is 15.5. The topological polar surface area (TPSA) is 15.3 Å². The molecular formula is C10H12N2. The fraction of sp³-hybridized carbons (Fsp3) is 0.200. The van der Waals surface area contributed by atoms with Crippen LogP contribution in [0.2, 0.25) is 0 Å². The first-order valence-electron chi connectivity index (χ1n) is 4.15. The lowest BCUT2D eigenvalue weighted by molar-refractivity contribution is 0.257. The Morgan fingerprint density at radius 3 is 2.75 bits per heavy atom. The van der Waals surface area contributed by atoms with Crippen molar-refractivity contribution < 1.29 is 0 Å². The van der Waals surface area contributed by atoms with Crippen molar-refractivity contribution in [1.29, 1.82) is 0 Å². The molecule has 0 saturated carbocycles. The van der Waals surface area contributed by atoms with Crippen molar-refractivity contribution in [3.05, 3.63) is 48.2 Å². The number of nitrogens with zero attached hydrogens (tertiary/aromatic N) is 1. The number of rotatable bonds is 2. The van der Waals surface area contributed by atoms with Crippen LogP contribution in [-0.4, -0.2) is 11.6 Å². The third kappa shape index (κ3) is 1.66. The van der Waals surface area contributed by atoms with Gasteiger partial charge in [-0.25, -0.2) is 5.01 Å². The quantitative estimate of drug-likeness (QED) is 0.705. The van der Waals surface area contributed by atoms with Gasteiger partial charge in [-0.15, -0.1) is 0 Å². The fourth-order valence-corrected chi connectivity index (χ4v) is 1.30. The summed E-state index contributed by atoms with van der Waals surface area (Å²) >= 11 is 0. The Kier molecular flexibility index (Phi) is 2.10. The maximum atomic E-state index is 3.16. The Morgan fingerprint density at radius 1 is 1.25 bits per heavy atom. The molecule has 1 aliphatic heterocycles. The third-order valence-electron chi connectivity index (χ3n) is 1.92. The molecule has 0 aromatic heterocycles. The minimum atomic E-state index is 0.966. The molecule has 0 fully saturated rings. The number of hydrazine groups is 1. The number of nitrogens with one attached hydrogen (secondary N) is 1. The van der Waals surface area contributed by atoms with E-state index in [2.05, 4.69) is 40.8 Å². The maximum Gasteiger partial charge on any atom is 0.0432 e. The van der Waals surface area contributed by atoms with E-state index in [1.807, 2.05) is 12.3 Å². The lowest BCUT2D eigenvalue weighted by Gasteiger charge is -2.15. The van der Waals surface area contributed by atoms with Gasteiger partial charge in [-0.2, -0.15) is 0 Å². The maximum absolute atomic E-state index is 3.16. The van der Waals surface area contributed by atoms with Gasteiger partial charge in [-0.3, -0.25) is 0 Å². The third-order valence-corrected chi connectivity index (χ3v) is 1.92. The number of hydrogen-bond donors (Lipinski definition) is 1. The first kappa shape index (κ1) is 7.37. The molecule has 0 bridgehead atoms. The van der Waals surface area contributed by atoms with E-state index in [1.54, 1.807) is 0 Å². The van der Waals surface area contributed by atoms with Gasteiger partial charge in [0.25, 0.3) is 0 Å². The van der Waals surface area contributed by atoms with E-state index < -0.39 is 0 Å². The summed E-state index contributed by atoms with van der Waals surface area (Å²) in [5, 5.41) is 2.16. The number of hydrogen-bond acceptors (Lipinski definition) is 2. The van der Waals surface area contributed by atoms with Gasteiger partial charge in [-0.05, 0) is 5.56 Å². The molecule has 2 rings (SSSR count). The summed E-state index contributed by atoms with van der Waals surface area (Å²) in [7, 11) is 0. The van der Waals surface area contributed by atoms with Crippen LogP contribution in [0.1, 0.15) is 5.56 Å². The van der Waals surface area contributed by atoms with Gasteiger partial charge in [0.1, 0.15) is 0 Å². The summed E-state index contributed by atoms with van der Waals surface area (Å²) in [4.78, 5) is 0. The van der Waals surface area contributed by atoms with E-state index >= 15 is 0 Å². The Hall–Kier alpha value is -1.28. The van der Waals surface area contributed by atoms with Gasteiger partial charge in [0.05, 0.1) is 0 Å². The largest absolute Gasteiger partial charge is 0.326 e. The lowest BCUT2D eigenvalue weighted by atomic mass is 10.2. The van der Waals surface area contributed by atoms with E-state index in [0.717, 1.165) is 13.1 Å². The zero-order valence-electron chi connectivity index (χ0n) is 6.90. The predicted octanol–water partition coefficient (Wildman–Crippen LogP) is 1.52. The Balaban J connectivity index is 1.95. The average molecular weight is 160 g/mol. The number of benzene rings is 1. The SMILES string of the molecule is C1=CNN(Cc2ccccc2)C1. The lowest BCUT2D eigenvalue weighted by Crippen LogP contribution is -2.28. The molecule has 0 unspecified atom stereocenters. The summed E-state index contributed by atoms with van der Waals surface area (Å²) in [6.45, 7) is 1.96. The summed E-state index contributed by atoms with van der Waals surface area (Å²) in [5.74, 6) is 0. The minimum absolute atomic E-state index is 0.966. The molecular weight excluding hydrogens is 148 g/mol. The van der Waals surface area contributed by atoms with Crippen LogP contribution in [0.25, 0.3) is 0 Å². The van der Waals surface area contributed by atoms with Crippen LogP contribution < -0.4 is 5.43 Å². The molecule has 1 heterocycles. The van der Waals surface area contributed by atoms with Crippen LogP contribution in [0.5, 0.6) is 0 Å². The highest BCUT2D eigenvalue weighted by molar-refractivity contribution is 5.14. The first-order valence-corrected chi connectivity index (χ1v) is 4.15. The van der Waals surface area contributed by atoms with Crippen LogP contribution >= 0.6 is 0 Å². The van der Waals surface area contributed by atoms with Crippen LogP contribution in [0.4, 0.5) is 0 Å². The minimum Gasteiger partial charge on any atom is -0.326 e. The zero-order chi connectivity index (χ0) is 8.23. The van der Waals surface area contributed by atoms with Gasteiger partial charge in [0, 0.05) is 19.3 Å². The van der Waals surface area contributed by atoms with Crippen molar-refractivity contribution in [3.8, 4) is 0 Å². The molecule has 1 aliphatic rings. The smallest absolute Gasteiger partial charge is 0.0432 e. The van der Waals surface area contributed by atoms with Gasteiger partial charge in [-0.1, -0.05) is 36.4 Å². The standard InChI is InChI=1S/C10H12N2/c1-2-5-10(6-3-1)9-12-8-4-7-11-12/h1-7,11H,8-9H2. The molecule has 0 saturated heterocycles. The zero-order valence-corrected chi connectivity index (χ0v) is 6.90. The van der Waals surface area contributed by atoms with Gasteiger partial charge in [0.2, 0.25) is 0 Å². The van der Waals surface area contributed by atoms with Crippen LogP contribution in [0.3, 0.4) is 0 Å². The van der Waals surface area contributed by atoms with Crippen molar-refractivity contribution >= 4 is 0 Å². The fourth-order valence-electron chi connectivity index (χ4n) is 1.30. The Labute approximate surface area is 72.5 Å². The molecule has 12 heavy (non-hydrogen) atoms. The van der Waals surface area contributed by atoms with Crippen molar-refractivity contribution in [2.45, 2.75) is 6.54 Å². The van der Waals surface area contributed by atoms with Crippen molar-refractivity contribution in [2.75, 3.05) is 6.54 Å². The van der Waals surface area contributed by atoms with E-state index in [1.165, 1.54) is 5.56 Å². The summed E-state index contributed by atoms with van der Waals surface area (Å²) in [5.41, 5.74) is 4.50. The summed E-state index contributed by atoms with van der Waals surface area (Å²) in [6.07, 6.45) is 4.09. The van der Waals surface area contributed by atoms with Gasteiger partial charge in [0.15, 0.2) is 0 Å². The second-order valence-corrected chi connectivity index (χ2v) is 2.90. The van der Waals surface area contributed by atoms with E-state index in [0.29, 0.717) is 0 Å². The Morgan fingerprint density at radius 2 is 2.08 bits per heavy atom. The second kappa shape index (κ2) is 3.41. The highest BCUT2D eigenvalue weighted by Gasteiger charge is 2.04. The van der Waals surface area contributed by atoms with Gasteiger partial charge < -0.3 is 5.43 Å². The molecule has 0 amide bonds. The molecule has 1 aromatic carbocycles. The molecule has 2 nitrogen and oxygen atoms in total. The molecule has 1 N–H and O–H groups in total. The van der Waals surface area contributed by atoms with Crippen LogP contribution in [0, 0.1) is 0 Å². The normalized spacial score (nSPS) is 16.3. The first-order chi connectivity index (χ1) is 5.95. The van der Waals surface area contributed by atoms with E-state index in [-0.39, 0.29) is 0 Å². The van der Waals surface area contributed by atoms with Crippen molar-refractivity contribution in [2.24, 2.45) is 0 Å². The van der Waals surface area contributed by atoms with Crippen molar-refractivity contribution in [1.82, 2.24) is 10.4 Å². The van der Waals surface area contributed by atoms with E-state index in [4.69, 9.17) is 0 Å². The van der Waals surface area contributed by atoms with E-state index in [9.17, 15) is 0 Å². The van der Waals surface area contributed by atoms with Crippen LogP contribution in [-0.2, 0) is 6.54 Å². The van der Waals surface area contributed by atoms with Crippen molar-refractivity contribution in [3.63, 3.8) is 0 Å². The monoisotopic (exact) mass is 160 g/mol. The molecule has 0 spiro atoms. The molecule has 1 aromatic rings. The Bertz CT molecular complexity index is 258. The molecule has 0 aliphatic carbocycles. The van der Waals surface area contributed by atoms with Crippen LogP contribution in [0.15, 0.2) is 42.6 Å². The summed E-state index contributed by atoms with van der Waals surface area (Å²) < 4.78 is 0. The summed E-state index contributed by atoms with van der Waals surface area (Å²) in [6, 6.07) is 10.5. The molecule has 62 valence electrons. The second-order valence-electron chi connectivity index (χ2n) is 2.90. The molecule has 0 atom stereocenters. The highest BCUT2D eigenvalue weighted by Crippen LogP contribution is 2.03. The van der Waals surface area contributed by atoms with Gasteiger partial charge >= 0.3 is 0 Å². The predicted molar refractivity (Wildman–Crippen MR) is 49.1 cm³/mol. The molecule has 2 heteroatoms. The average Bonchev–Trinajstić information content (AvgIpc) is 2.59.